The summed E-state index contributed by atoms with van der Waals surface area (Å²) < 4.78 is 0. The van der Waals surface area contributed by atoms with Gasteiger partial charge in [0.2, 0.25) is 5.91 Å². The number of thioether (sulfide) groups is 1. The number of rotatable bonds is 8. The van der Waals surface area contributed by atoms with E-state index in [1.54, 1.807) is 11.8 Å². The summed E-state index contributed by atoms with van der Waals surface area (Å²) in [5.74, 6) is 0.0625. The molecule has 23 heavy (non-hydrogen) atoms. The van der Waals surface area contributed by atoms with Gasteiger partial charge in [-0.25, -0.2) is 4.79 Å². The van der Waals surface area contributed by atoms with E-state index >= 15 is 0 Å². The molecule has 6 heteroatoms. The molecule has 1 aromatic carbocycles. The van der Waals surface area contributed by atoms with E-state index in [1.807, 2.05) is 37.4 Å². The van der Waals surface area contributed by atoms with Gasteiger partial charge in [-0.2, -0.15) is 0 Å². The minimum absolute atomic E-state index is 0.0625. The molecule has 0 unspecified atom stereocenters. The molecule has 0 aromatic heterocycles. The maximum absolute atomic E-state index is 11.9. The third-order valence-electron chi connectivity index (χ3n) is 4.05. The first-order valence-corrected chi connectivity index (χ1v) is 9.32. The monoisotopic (exact) mass is 335 g/mol. The highest BCUT2D eigenvalue weighted by molar-refractivity contribution is 7.98. The molecule has 1 aliphatic heterocycles. The normalized spacial score (nSPS) is 20.0. The number of unbranched alkanes of at least 4 members (excludes halogenated alkanes) is 2. The van der Waals surface area contributed by atoms with E-state index in [0.717, 1.165) is 36.3 Å². The number of carbonyl (C=O) groups is 2. The zero-order chi connectivity index (χ0) is 16.7. The van der Waals surface area contributed by atoms with Gasteiger partial charge >= 0.3 is 6.03 Å². The van der Waals surface area contributed by atoms with Gasteiger partial charge in [-0.15, -0.1) is 11.8 Å². The first kappa shape index (κ1) is 17.7. The number of hydrogen-bond donors (Lipinski definition) is 3. The number of benzene rings is 1. The second-order valence-electron chi connectivity index (χ2n) is 5.89. The fourth-order valence-electron chi connectivity index (χ4n) is 2.72. The quantitative estimate of drug-likeness (QED) is 0.504. The number of carbonyl (C=O) groups excluding carboxylic acids is 2. The van der Waals surface area contributed by atoms with Gasteiger partial charge in [0.05, 0.1) is 6.04 Å². The fourth-order valence-corrected chi connectivity index (χ4v) is 3.17. The van der Waals surface area contributed by atoms with Gasteiger partial charge < -0.3 is 16.0 Å². The van der Waals surface area contributed by atoms with Gasteiger partial charge in [0.1, 0.15) is 0 Å². The Bertz CT molecular complexity index is 550. The molecule has 2 rings (SSSR count). The summed E-state index contributed by atoms with van der Waals surface area (Å²) in [6.45, 7) is 2.01. The Morgan fingerprint density at radius 2 is 2.09 bits per heavy atom. The Morgan fingerprint density at radius 1 is 1.26 bits per heavy atom. The molecule has 1 aliphatic rings. The average molecular weight is 335 g/mol. The molecule has 1 saturated heterocycles. The van der Waals surface area contributed by atoms with Crippen LogP contribution in [0.4, 0.5) is 10.5 Å². The number of amides is 3. The highest BCUT2D eigenvalue weighted by Crippen LogP contribution is 2.19. The Balaban J connectivity index is 1.60. The smallest absolute Gasteiger partial charge is 0.315 e. The Hall–Kier alpha value is -1.69. The molecule has 5 nitrogen and oxygen atoms in total. The molecule has 0 radical (unpaired) electrons. The van der Waals surface area contributed by atoms with Gasteiger partial charge in [-0.3, -0.25) is 4.79 Å². The summed E-state index contributed by atoms with van der Waals surface area (Å²) >= 11 is 1.66. The maximum Gasteiger partial charge on any atom is 0.315 e. The van der Waals surface area contributed by atoms with Crippen molar-refractivity contribution in [1.82, 2.24) is 10.6 Å². The summed E-state index contributed by atoms with van der Waals surface area (Å²) in [6, 6.07) is 8.20. The van der Waals surface area contributed by atoms with Crippen LogP contribution in [0.15, 0.2) is 29.2 Å². The molecular formula is C17H25N3O2S. The first-order valence-electron chi connectivity index (χ1n) is 8.09. The van der Waals surface area contributed by atoms with Crippen molar-refractivity contribution in [3.63, 3.8) is 0 Å². The van der Waals surface area contributed by atoms with Crippen molar-refractivity contribution >= 4 is 29.4 Å². The van der Waals surface area contributed by atoms with Crippen LogP contribution in [0, 0.1) is 0 Å². The van der Waals surface area contributed by atoms with Crippen LogP contribution in [0.25, 0.3) is 0 Å². The molecule has 0 saturated carbocycles. The second-order valence-corrected chi connectivity index (χ2v) is 6.77. The van der Waals surface area contributed by atoms with E-state index in [0.29, 0.717) is 6.42 Å². The lowest BCUT2D eigenvalue weighted by Crippen LogP contribution is -2.30. The largest absolute Gasteiger partial charge is 0.334 e. The molecule has 1 aromatic rings. The number of nitrogens with one attached hydrogen (secondary N) is 3. The lowest BCUT2D eigenvalue weighted by atomic mass is 10.0. The van der Waals surface area contributed by atoms with E-state index in [9.17, 15) is 9.59 Å². The Morgan fingerprint density at radius 3 is 2.78 bits per heavy atom. The van der Waals surface area contributed by atoms with E-state index in [2.05, 4.69) is 16.0 Å². The molecule has 2 atom stereocenters. The van der Waals surface area contributed by atoms with Crippen molar-refractivity contribution in [3.8, 4) is 0 Å². The number of anilines is 1. The van der Waals surface area contributed by atoms with E-state index in [-0.39, 0.29) is 24.0 Å². The lowest BCUT2D eigenvalue weighted by molar-refractivity contribution is -0.116. The van der Waals surface area contributed by atoms with Crippen molar-refractivity contribution in [3.05, 3.63) is 24.3 Å². The summed E-state index contributed by atoms with van der Waals surface area (Å²) in [7, 11) is 0. The van der Waals surface area contributed by atoms with Crippen LogP contribution in [0.5, 0.6) is 0 Å². The van der Waals surface area contributed by atoms with Crippen LogP contribution >= 0.6 is 11.8 Å². The summed E-state index contributed by atoms with van der Waals surface area (Å²) in [5, 5.41) is 8.70. The van der Waals surface area contributed by atoms with Crippen molar-refractivity contribution in [2.75, 3.05) is 11.6 Å². The van der Waals surface area contributed by atoms with Crippen LogP contribution in [0.1, 0.15) is 39.0 Å². The Kier molecular flexibility index (Phi) is 6.77. The van der Waals surface area contributed by atoms with Gasteiger partial charge in [0.15, 0.2) is 0 Å². The van der Waals surface area contributed by atoms with Gasteiger partial charge in [-0.05, 0) is 44.2 Å². The van der Waals surface area contributed by atoms with Crippen LogP contribution < -0.4 is 16.0 Å². The van der Waals surface area contributed by atoms with E-state index in [4.69, 9.17) is 0 Å². The zero-order valence-corrected chi connectivity index (χ0v) is 14.5. The molecule has 0 bridgehead atoms. The summed E-state index contributed by atoms with van der Waals surface area (Å²) in [4.78, 5) is 24.3. The fraction of sp³-hybridized carbons (Fsp3) is 0.529. The molecule has 0 aliphatic carbocycles. The van der Waals surface area contributed by atoms with Crippen molar-refractivity contribution in [2.45, 2.75) is 56.0 Å². The van der Waals surface area contributed by atoms with Crippen molar-refractivity contribution < 1.29 is 9.59 Å². The zero-order valence-electron chi connectivity index (χ0n) is 13.7. The number of hydrogen-bond acceptors (Lipinski definition) is 3. The highest BCUT2D eigenvalue weighted by Gasteiger charge is 2.26. The predicted molar refractivity (Wildman–Crippen MR) is 94.9 cm³/mol. The molecule has 126 valence electrons. The van der Waals surface area contributed by atoms with Crippen molar-refractivity contribution in [2.24, 2.45) is 0 Å². The Labute approximate surface area is 142 Å². The lowest BCUT2D eigenvalue weighted by Gasteiger charge is -2.13. The molecule has 1 heterocycles. The predicted octanol–water partition coefficient (Wildman–Crippen LogP) is 3.37. The van der Waals surface area contributed by atoms with Gasteiger partial charge in [0, 0.05) is 23.0 Å². The third-order valence-corrected chi connectivity index (χ3v) is 4.78. The van der Waals surface area contributed by atoms with Crippen LogP contribution in [-0.4, -0.2) is 30.3 Å². The SMILES string of the molecule is CSc1cccc(NC(=O)CCCCC[C@@H]2NC(=O)N[C@@H]2C)c1. The van der Waals surface area contributed by atoms with Gasteiger partial charge in [0.25, 0.3) is 0 Å². The first-order chi connectivity index (χ1) is 11.1. The molecular weight excluding hydrogens is 310 g/mol. The molecule has 3 amide bonds. The molecule has 0 spiro atoms. The molecule has 3 N–H and O–H groups in total. The van der Waals surface area contributed by atoms with E-state index < -0.39 is 0 Å². The summed E-state index contributed by atoms with van der Waals surface area (Å²) in [6.07, 6.45) is 6.40. The number of urea groups is 1. The minimum atomic E-state index is -0.0747. The van der Waals surface area contributed by atoms with E-state index in [1.165, 1.54) is 0 Å². The highest BCUT2D eigenvalue weighted by atomic mass is 32.2. The third kappa shape index (κ3) is 5.78. The standard InChI is InChI=1S/C17H25N3O2S/c1-12-15(20-17(22)18-12)9-4-3-5-10-16(21)19-13-7-6-8-14(11-13)23-2/h6-8,11-12,15H,3-5,9-10H2,1-2H3,(H,19,21)(H2,18,20,22)/t12-,15+/m1/s1. The van der Waals surface area contributed by atoms with Crippen molar-refractivity contribution in [1.29, 1.82) is 0 Å². The second kappa shape index (κ2) is 8.82. The topological polar surface area (TPSA) is 70.2 Å². The maximum atomic E-state index is 11.9. The van der Waals surface area contributed by atoms with Crippen LogP contribution in [0.3, 0.4) is 0 Å². The summed E-state index contributed by atoms with van der Waals surface area (Å²) in [5.41, 5.74) is 0.857. The average Bonchev–Trinajstić information content (AvgIpc) is 2.85. The van der Waals surface area contributed by atoms with Crippen LogP contribution in [0.2, 0.25) is 0 Å². The van der Waals surface area contributed by atoms with Gasteiger partial charge in [-0.1, -0.05) is 18.9 Å². The van der Waals surface area contributed by atoms with Crippen LogP contribution in [-0.2, 0) is 4.79 Å². The molecule has 1 fully saturated rings. The minimum Gasteiger partial charge on any atom is -0.334 e.